The fraction of sp³-hybridized carbons (Fsp3) is 0. The van der Waals surface area contributed by atoms with Gasteiger partial charge in [-0.2, -0.15) is 0 Å². The van der Waals surface area contributed by atoms with Gasteiger partial charge in [0.25, 0.3) is 0 Å². The summed E-state index contributed by atoms with van der Waals surface area (Å²) in [5.74, 6) is 0. The first-order valence-corrected chi connectivity index (χ1v) is 11.7. The molecule has 0 saturated heterocycles. The summed E-state index contributed by atoms with van der Waals surface area (Å²) in [7, 11) is 0. The second kappa shape index (κ2) is 9.69. The molecule has 3 nitrogen and oxygen atoms in total. The quantitative estimate of drug-likeness (QED) is 0.210. The first kappa shape index (κ1) is 21.0. The number of hydrogen-bond donors (Lipinski definition) is 3. The molecule has 0 aromatic heterocycles. The van der Waals surface area contributed by atoms with Crippen molar-refractivity contribution in [1.82, 2.24) is 0 Å². The molecule has 6 heteroatoms. The van der Waals surface area contributed by atoms with Crippen LogP contribution >= 0.6 is 47.8 Å². The Morgan fingerprint density at radius 2 is 0.667 bits per heavy atom. The van der Waals surface area contributed by atoms with Crippen molar-refractivity contribution in [3.05, 3.63) is 104 Å². The van der Waals surface area contributed by atoms with Gasteiger partial charge in [0.1, 0.15) is 0 Å². The van der Waals surface area contributed by atoms with Crippen molar-refractivity contribution in [1.29, 1.82) is 0 Å². The Balaban J connectivity index is 1.70. The minimum absolute atomic E-state index is 0.966. The summed E-state index contributed by atoms with van der Waals surface area (Å²) >= 11 is 10.8. The number of hydrogen-bond acceptors (Lipinski definition) is 3. The lowest BCUT2D eigenvalue weighted by Gasteiger charge is -2.16. The highest BCUT2D eigenvalue weighted by molar-refractivity contribution is 9.11. The van der Waals surface area contributed by atoms with E-state index in [0.29, 0.717) is 0 Å². The molecule has 0 saturated carbocycles. The van der Waals surface area contributed by atoms with Crippen LogP contribution in [-0.4, -0.2) is 0 Å². The van der Waals surface area contributed by atoms with Crippen LogP contribution in [0.3, 0.4) is 0 Å². The second-order valence-electron chi connectivity index (χ2n) is 6.61. The van der Waals surface area contributed by atoms with Crippen LogP contribution in [0.2, 0.25) is 0 Å². The van der Waals surface area contributed by atoms with Crippen LogP contribution in [-0.2, 0) is 0 Å². The van der Waals surface area contributed by atoms with Crippen molar-refractivity contribution >= 4 is 81.9 Å². The van der Waals surface area contributed by atoms with Gasteiger partial charge in [-0.3, -0.25) is 0 Å². The number of rotatable bonds is 6. The lowest BCUT2D eigenvalue weighted by molar-refractivity contribution is 1.47. The van der Waals surface area contributed by atoms with Crippen molar-refractivity contribution in [2.75, 3.05) is 16.0 Å². The van der Waals surface area contributed by atoms with Crippen LogP contribution in [0.1, 0.15) is 0 Å². The van der Waals surface area contributed by atoms with Crippen molar-refractivity contribution in [2.24, 2.45) is 0 Å². The predicted molar refractivity (Wildman–Crippen MR) is 139 cm³/mol. The first-order valence-electron chi connectivity index (χ1n) is 9.28. The number of para-hydroxylation sites is 3. The van der Waals surface area contributed by atoms with Gasteiger partial charge < -0.3 is 16.0 Å². The Labute approximate surface area is 201 Å². The third-order valence-electron chi connectivity index (χ3n) is 4.39. The molecule has 0 aliphatic heterocycles. The highest BCUT2D eigenvalue weighted by Crippen LogP contribution is 2.34. The molecular formula is C24H18Br3N3. The Kier molecular flexibility index (Phi) is 6.77. The minimum atomic E-state index is 0.966. The van der Waals surface area contributed by atoms with E-state index in [2.05, 4.69) is 81.9 Å². The van der Waals surface area contributed by atoms with Crippen LogP contribution in [0.15, 0.2) is 104 Å². The van der Waals surface area contributed by atoms with Gasteiger partial charge in [-0.1, -0.05) is 36.4 Å². The smallest absolute Gasteiger partial charge is 0.0528 e. The number of halogens is 3. The van der Waals surface area contributed by atoms with E-state index in [9.17, 15) is 0 Å². The number of nitrogens with one attached hydrogen (secondary N) is 3. The van der Waals surface area contributed by atoms with E-state index >= 15 is 0 Å². The fourth-order valence-corrected chi connectivity index (χ4v) is 4.15. The van der Waals surface area contributed by atoms with Crippen molar-refractivity contribution in [3.8, 4) is 0 Å². The molecule has 0 atom stereocenters. The third kappa shape index (κ3) is 5.25. The Morgan fingerprint density at radius 1 is 0.400 bits per heavy atom. The van der Waals surface area contributed by atoms with E-state index in [1.54, 1.807) is 0 Å². The maximum absolute atomic E-state index is 3.61. The zero-order chi connectivity index (χ0) is 20.9. The molecule has 3 N–H and O–H groups in total. The van der Waals surface area contributed by atoms with Gasteiger partial charge in [-0.15, -0.1) is 0 Å². The molecular weight excluding hydrogens is 570 g/mol. The number of anilines is 6. The number of benzene rings is 4. The molecule has 0 amide bonds. The van der Waals surface area contributed by atoms with E-state index in [-0.39, 0.29) is 0 Å². The average Bonchev–Trinajstić information content (AvgIpc) is 2.73. The topological polar surface area (TPSA) is 36.1 Å². The minimum Gasteiger partial charge on any atom is -0.354 e. The van der Waals surface area contributed by atoms with Gasteiger partial charge in [-0.25, -0.2) is 0 Å². The van der Waals surface area contributed by atoms with E-state index in [4.69, 9.17) is 0 Å². The SMILES string of the molecule is Brc1ccccc1Nc1cc(Nc2ccccc2Br)cc(Nc2ccccc2Br)c1. The molecule has 0 aliphatic carbocycles. The summed E-state index contributed by atoms with van der Waals surface area (Å²) in [6, 6.07) is 30.5. The van der Waals surface area contributed by atoms with Gasteiger partial charge in [0.2, 0.25) is 0 Å². The van der Waals surface area contributed by atoms with Crippen LogP contribution < -0.4 is 16.0 Å². The van der Waals surface area contributed by atoms with E-state index in [1.165, 1.54) is 0 Å². The standard InChI is InChI=1S/C24H18Br3N3/c25-19-7-1-4-10-22(19)28-16-13-17(29-23-11-5-2-8-20(23)26)15-18(14-16)30-24-12-6-3-9-21(24)27/h1-15,28-30H. The lowest BCUT2D eigenvalue weighted by atomic mass is 10.2. The van der Waals surface area contributed by atoms with Crippen molar-refractivity contribution < 1.29 is 0 Å². The summed E-state index contributed by atoms with van der Waals surface area (Å²) in [6.45, 7) is 0. The summed E-state index contributed by atoms with van der Waals surface area (Å²) in [5, 5.41) is 10.5. The van der Waals surface area contributed by atoms with Crippen molar-refractivity contribution in [2.45, 2.75) is 0 Å². The largest absolute Gasteiger partial charge is 0.354 e. The summed E-state index contributed by atoms with van der Waals surface area (Å²) in [6.07, 6.45) is 0. The molecule has 4 aromatic rings. The average molecular weight is 588 g/mol. The predicted octanol–water partition coefficient (Wildman–Crippen LogP) is 9.20. The van der Waals surface area contributed by atoms with Crippen LogP contribution in [0.5, 0.6) is 0 Å². The second-order valence-corrected chi connectivity index (χ2v) is 9.18. The molecule has 150 valence electrons. The highest BCUT2D eigenvalue weighted by Gasteiger charge is 2.07. The van der Waals surface area contributed by atoms with E-state index in [1.807, 2.05) is 72.8 Å². The normalized spacial score (nSPS) is 10.5. The molecule has 4 aromatic carbocycles. The van der Waals surface area contributed by atoms with E-state index < -0.39 is 0 Å². The Morgan fingerprint density at radius 3 is 0.933 bits per heavy atom. The summed E-state index contributed by atoms with van der Waals surface area (Å²) in [5.41, 5.74) is 5.91. The molecule has 0 fully saturated rings. The van der Waals surface area contributed by atoms with Gasteiger partial charge in [-0.05, 0) is 102 Å². The first-order chi connectivity index (χ1) is 14.6. The molecule has 0 radical (unpaired) electrons. The van der Waals surface area contributed by atoms with Crippen molar-refractivity contribution in [3.63, 3.8) is 0 Å². The molecule has 0 bridgehead atoms. The van der Waals surface area contributed by atoms with Gasteiger partial charge in [0.05, 0.1) is 17.1 Å². The third-order valence-corrected chi connectivity index (χ3v) is 6.47. The van der Waals surface area contributed by atoms with Gasteiger partial charge >= 0.3 is 0 Å². The molecule has 0 aliphatic rings. The highest BCUT2D eigenvalue weighted by atomic mass is 79.9. The monoisotopic (exact) mass is 585 g/mol. The zero-order valence-corrected chi connectivity index (χ0v) is 20.6. The fourth-order valence-electron chi connectivity index (χ4n) is 3.00. The summed E-state index contributed by atoms with van der Waals surface area (Å²) in [4.78, 5) is 0. The summed E-state index contributed by atoms with van der Waals surface area (Å²) < 4.78 is 3.03. The van der Waals surface area contributed by atoms with Crippen LogP contribution in [0.25, 0.3) is 0 Å². The van der Waals surface area contributed by atoms with Crippen LogP contribution in [0, 0.1) is 0 Å². The maximum atomic E-state index is 3.61. The Hall–Kier alpha value is -2.28. The zero-order valence-electron chi connectivity index (χ0n) is 15.8. The van der Waals surface area contributed by atoms with E-state index in [0.717, 1.165) is 47.5 Å². The van der Waals surface area contributed by atoms with Gasteiger partial charge in [0, 0.05) is 30.5 Å². The Bertz CT molecular complexity index is 1020. The molecule has 30 heavy (non-hydrogen) atoms. The molecule has 0 spiro atoms. The maximum Gasteiger partial charge on any atom is 0.0528 e. The molecule has 0 heterocycles. The lowest BCUT2D eigenvalue weighted by Crippen LogP contribution is -1.98. The molecule has 0 unspecified atom stereocenters. The van der Waals surface area contributed by atoms with Crippen LogP contribution in [0.4, 0.5) is 34.1 Å². The molecule has 4 rings (SSSR count). The van der Waals surface area contributed by atoms with Gasteiger partial charge in [0.15, 0.2) is 0 Å².